The number of esters is 1. The number of carbonyl (C=O) groups excluding carboxylic acids is 1. The summed E-state index contributed by atoms with van der Waals surface area (Å²) in [4.78, 5) is 11.0. The minimum absolute atomic E-state index is 0.161. The lowest BCUT2D eigenvalue weighted by Crippen LogP contribution is -2.46. The lowest BCUT2D eigenvalue weighted by atomic mass is 10.3. The first-order chi connectivity index (χ1) is 8.03. The maximum absolute atomic E-state index is 11.5. The Morgan fingerprint density at radius 3 is 2.94 bits per heavy atom. The number of carbonyl (C=O) groups is 1. The van der Waals surface area contributed by atoms with Crippen LogP contribution < -0.4 is 10.0 Å². The van der Waals surface area contributed by atoms with Gasteiger partial charge in [0, 0.05) is 19.6 Å². The first-order valence-corrected chi connectivity index (χ1v) is 7.14. The number of hydrogen-bond donors (Lipinski definition) is 2. The van der Waals surface area contributed by atoms with Gasteiger partial charge in [0.2, 0.25) is 10.0 Å². The Morgan fingerprint density at radius 2 is 2.35 bits per heavy atom. The van der Waals surface area contributed by atoms with Gasteiger partial charge in [0.25, 0.3) is 0 Å². The molecule has 1 rings (SSSR count). The molecular weight excluding hydrogens is 248 g/mol. The average Bonchev–Trinajstić information content (AvgIpc) is 2.27. The molecule has 17 heavy (non-hydrogen) atoms. The lowest BCUT2D eigenvalue weighted by molar-refractivity contribution is -0.139. The molecule has 0 aromatic carbocycles. The van der Waals surface area contributed by atoms with Crippen LogP contribution in [0.2, 0.25) is 0 Å². The summed E-state index contributed by atoms with van der Waals surface area (Å²) in [5.74, 6) is -1.40. The highest BCUT2D eigenvalue weighted by molar-refractivity contribution is 7.90. The molecule has 1 aliphatic rings. The third kappa shape index (κ3) is 5.97. The Labute approximate surface area is 101 Å². The summed E-state index contributed by atoms with van der Waals surface area (Å²) in [6.07, 6.45) is -0.194. The van der Waals surface area contributed by atoms with Crippen LogP contribution in [0.3, 0.4) is 0 Å². The fraction of sp³-hybridized carbons (Fsp3) is 0.889. The Hall–Kier alpha value is -0.700. The van der Waals surface area contributed by atoms with Gasteiger partial charge < -0.3 is 14.8 Å². The summed E-state index contributed by atoms with van der Waals surface area (Å²) in [6, 6.07) is 0. The fourth-order valence-corrected chi connectivity index (χ4v) is 2.32. The van der Waals surface area contributed by atoms with Gasteiger partial charge in [-0.2, -0.15) is 0 Å². The molecule has 1 atom stereocenters. The molecule has 0 amide bonds. The molecule has 0 spiro atoms. The van der Waals surface area contributed by atoms with Gasteiger partial charge in [-0.1, -0.05) is 0 Å². The zero-order valence-electron chi connectivity index (χ0n) is 9.77. The molecule has 0 aromatic rings. The highest BCUT2D eigenvalue weighted by Gasteiger charge is 2.20. The predicted molar refractivity (Wildman–Crippen MR) is 61.0 cm³/mol. The number of sulfonamides is 1. The molecule has 100 valence electrons. The topological polar surface area (TPSA) is 93.7 Å². The van der Waals surface area contributed by atoms with E-state index >= 15 is 0 Å². The minimum Gasteiger partial charge on any atom is -0.465 e. The molecule has 1 aliphatic heterocycles. The lowest BCUT2D eigenvalue weighted by Gasteiger charge is -2.23. The van der Waals surface area contributed by atoms with Crippen molar-refractivity contribution in [1.82, 2.24) is 10.0 Å². The van der Waals surface area contributed by atoms with E-state index in [1.54, 1.807) is 6.92 Å². The molecule has 1 saturated heterocycles. The van der Waals surface area contributed by atoms with Crippen LogP contribution in [0.15, 0.2) is 0 Å². The van der Waals surface area contributed by atoms with E-state index in [-0.39, 0.29) is 19.3 Å². The first kappa shape index (κ1) is 14.4. The molecule has 0 aromatic heterocycles. The van der Waals surface area contributed by atoms with Crippen LogP contribution in [0.4, 0.5) is 0 Å². The molecule has 1 unspecified atom stereocenters. The predicted octanol–water partition coefficient (Wildman–Crippen LogP) is -1.54. The number of nitrogens with one attached hydrogen (secondary N) is 2. The van der Waals surface area contributed by atoms with E-state index in [9.17, 15) is 13.2 Å². The summed E-state index contributed by atoms with van der Waals surface area (Å²) in [5.41, 5.74) is 0. The van der Waals surface area contributed by atoms with Crippen LogP contribution in [0.1, 0.15) is 6.92 Å². The molecule has 0 bridgehead atoms. The number of ether oxygens (including phenoxy) is 2. The maximum Gasteiger partial charge on any atom is 0.322 e. The monoisotopic (exact) mass is 266 g/mol. The molecule has 2 N–H and O–H groups in total. The van der Waals surface area contributed by atoms with E-state index in [0.29, 0.717) is 13.2 Å². The summed E-state index contributed by atoms with van der Waals surface area (Å²) in [6.45, 7) is 3.89. The molecule has 0 radical (unpaired) electrons. The second kappa shape index (κ2) is 6.90. The highest BCUT2D eigenvalue weighted by Crippen LogP contribution is 1.96. The van der Waals surface area contributed by atoms with Crippen molar-refractivity contribution < 1.29 is 22.7 Å². The third-order valence-electron chi connectivity index (χ3n) is 2.15. The standard InChI is InChI=1S/C9H18N2O5S/c1-2-15-9(12)7-17(13,14)11-6-8-5-10-3-4-16-8/h8,10-11H,2-7H2,1H3. The minimum atomic E-state index is -3.63. The Balaban J connectivity index is 2.30. The molecule has 7 nitrogen and oxygen atoms in total. The van der Waals surface area contributed by atoms with E-state index in [4.69, 9.17) is 4.74 Å². The Kier molecular flexibility index (Phi) is 5.83. The van der Waals surface area contributed by atoms with Gasteiger partial charge in [0.15, 0.2) is 5.75 Å². The SMILES string of the molecule is CCOC(=O)CS(=O)(=O)NCC1CNCCO1. The van der Waals surface area contributed by atoms with Crippen molar-refractivity contribution in [3.63, 3.8) is 0 Å². The molecular formula is C9H18N2O5S. The van der Waals surface area contributed by atoms with Gasteiger partial charge >= 0.3 is 5.97 Å². The first-order valence-electron chi connectivity index (χ1n) is 5.49. The summed E-state index contributed by atoms with van der Waals surface area (Å²) in [7, 11) is -3.63. The van der Waals surface area contributed by atoms with Crippen LogP contribution in [0, 0.1) is 0 Å². The smallest absolute Gasteiger partial charge is 0.322 e. The van der Waals surface area contributed by atoms with E-state index in [1.807, 2.05) is 0 Å². The van der Waals surface area contributed by atoms with Crippen molar-refractivity contribution in [1.29, 1.82) is 0 Å². The van der Waals surface area contributed by atoms with Gasteiger partial charge in [-0.15, -0.1) is 0 Å². The van der Waals surface area contributed by atoms with Gasteiger partial charge in [-0.05, 0) is 6.92 Å². The molecule has 0 saturated carbocycles. The largest absolute Gasteiger partial charge is 0.465 e. The number of hydrogen-bond acceptors (Lipinski definition) is 6. The second-order valence-electron chi connectivity index (χ2n) is 3.61. The maximum atomic E-state index is 11.5. The van der Waals surface area contributed by atoms with E-state index in [2.05, 4.69) is 14.8 Å². The van der Waals surface area contributed by atoms with Gasteiger partial charge in [0.05, 0.1) is 19.3 Å². The summed E-state index contributed by atoms with van der Waals surface area (Å²) < 4.78 is 35.2. The average molecular weight is 266 g/mol. The third-order valence-corrected chi connectivity index (χ3v) is 3.37. The van der Waals surface area contributed by atoms with Gasteiger partial charge in [0.1, 0.15) is 0 Å². The van der Waals surface area contributed by atoms with E-state index in [0.717, 1.165) is 6.54 Å². The zero-order valence-corrected chi connectivity index (χ0v) is 10.6. The van der Waals surface area contributed by atoms with Gasteiger partial charge in [-0.3, -0.25) is 4.79 Å². The summed E-state index contributed by atoms with van der Waals surface area (Å²) in [5, 5.41) is 3.08. The van der Waals surface area contributed by atoms with Crippen molar-refractivity contribution in [3.8, 4) is 0 Å². The Morgan fingerprint density at radius 1 is 1.59 bits per heavy atom. The van der Waals surface area contributed by atoms with Crippen molar-refractivity contribution >= 4 is 16.0 Å². The van der Waals surface area contributed by atoms with Gasteiger partial charge in [-0.25, -0.2) is 13.1 Å². The number of rotatable bonds is 6. The summed E-state index contributed by atoms with van der Waals surface area (Å²) >= 11 is 0. The normalized spacial score (nSPS) is 21.1. The number of morpholine rings is 1. The molecule has 1 fully saturated rings. The van der Waals surface area contributed by atoms with Crippen molar-refractivity contribution in [2.75, 3.05) is 38.6 Å². The fourth-order valence-electron chi connectivity index (χ4n) is 1.38. The van der Waals surface area contributed by atoms with Crippen LogP contribution in [-0.4, -0.2) is 59.1 Å². The quantitative estimate of drug-likeness (QED) is 0.566. The zero-order chi connectivity index (χ0) is 12.7. The van der Waals surface area contributed by atoms with E-state index in [1.165, 1.54) is 0 Å². The van der Waals surface area contributed by atoms with Crippen LogP contribution in [0.25, 0.3) is 0 Å². The molecule has 1 heterocycles. The van der Waals surface area contributed by atoms with Crippen molar-refractivity contribution in [3.05, 3.63) is 0 Å². The van der Waals surface area contributed by atoms with E-state index < -0.39 is 21.7 Å². The van der Waals surface area contributed by atoms with Crippen LogP contribution in [-0.2, 0) is 24.3 Å². The molecule has 8 heteroatoms. The van der Waals surface area contributed by atoms with Crippen molar-refractivity contribution in [2.45, 2.75) is 13.0 Å². The Bertz CT molecular complexity index is 337. The second-order valence-corrected chi connectivity index (χ2v) is 5.42. The molecule has 0 aliphatic carbocycles. The van der Waals surface area contributed by atoms with Crippen molar-refractivity contribution in [2.24, 2.45) is 0 Å². The van der Waals surface area contributed by atoms with Crippen LogP contribution in [0.5, 0.6) is 0 Å². The van der Waals surface area contributed by atoms with Crippen LogP contribution >= 0.6 is 0 Å². The highest BCUT2D eigenvalue weighted by atomic mass is 32.2.